The average Bonchev–Trinajstić information content (AvgIpc) is 3.16. The first kappa shape index (κ1) is 22.6. The summed E-state index contributed by atoms with van der Waals surface area (Å²) in [4.78, 5) is 24.2. The normalized spacial score (nSPS) is 18.8. The standard InChI is InChI=1S/C24H30N2O5/c1-30-20-8-5-9-21(14-20)31-17-19(27)16-25-22(28)10-12-24(13-11-23(29)26-24)15-18-6-3-2-4-7-18/h2-9,14,19,27H,10-13,15-17H2,1H3,(H,25,28)(H,26,29)/t19-,24-/m1/s1. The molecule has 1 fully saturated rings. The second-order valence-electron chi connectivity index (χ2n) is 7.94. The fraction of sp³-hybridized carbons (Fsp3) is 0.417. The first-order valence-corrected chi connectivity index (χ1v) is 10.5. The van der Waals surface area contributed by atoms with E-state index in [2.05, 4.69) is 10.6 Å². The molecule has 1 aliphatic rings. The third-order valence-corrected chi connectivity index (χ3v) is 5.47. The van der Waals surface area contributed by atoms with E-state index in [1.807, 2.05) is 30.3 Å². The summed E-state index contributed by atoms with van der Waals surface area (Å²) >= 11 is 0. The summed E-state index contributed by atoms with van der Waals surface area (Å²) in [6, 6.07) is 17.1. The minimum Gasteiger partial charge on any atom is -0.497 e. The molecule has 2 amide bonds. The van der Waals surface area contributed by atoms with Gasteiger partial charge in [0.1, 0.15) is 24.2 Å². The molecule has 166 valence electrons. The van der Waals surface area contributed by atoms with Gasteiger partial charge in [-0.25, -0.2) is 0 Å². The fourth-order valence-electron chi connectivity index (χ4n) is 3.78. The van der Waals surface area contributed by atoms with Crippen LogP contribution in [0.3, 0.4) is 0 Å². The molecule has 31 heavy (non-hydrogen) atoms. The number of aliphatic hydroxyl groups is 1. The number of ether oxygens (including phenoxy) is 2. The molecule has 0 radical (unpaired) electrons. The van der Waals surface area contributed by atoms with Crippen LogP contribution in [-0.2, 0) is 16.0 Å². The molecule has 3 rings (SSSR count). The van der Waals surface area contributed by atoms with Gasteiger partial charge in [-0.2, -0.15) is 0 Å². The highest BCUT2D eigenvalue weighted by atomic mass is 16.5. The maximum absolute atomic E-state index is 12.3. The minimum atomic E-state index is -0.834. The Kier molecular flexibility index (Phi) is 7.89. The number of hydrogen-bond acceptors (Lipinski definition) is 5. The Bertz CT molecular complexity index is 873. The maximum atomic E-state index is 12.3. The third-order valence-electron chi connectivity index (χ3n) is 5.47. The smallest absolute Gasteiger partial charge is 0.220 e. The highest BCUT2D eigenvalue weighted by molar-refractivity contribution is 5.80. The van der Waals surface area contributed by atoms with Crippen LogP contribution in [0.25, 0.3) is 0 Å². The first-order chi connectivity index (χ1) is 15.0. The SMILES string of the molecule is COc1cccc(OC[C@H](O)CNC(=O)CC[C@]2(Cc3ccccc3)CCC(=O)N2)c1. The minimum absolute atomic E-state index is 0.0291. The Morgan fingerprint density at radius 3 is 2.68 bits per heavy atom. The molecule has 2 aromatic rings. The Labute approximate surface area is 182 Å². The summed E-state index contributed by atoms with van der Waals surface area (Å²) in [6.45, 7) is 0.155. The van der Waals surface area contributed by atoms with Crippen molar-refractivity contribution in [1.29, 1.82) is 0 Å². The van der Waals surface area contributed by atoms with E-state index in [-0.39, 0.29) is 31.4 Å². The molecular formula is C24H30N2O5. The largest absolute Gasteiger partial charge is 0.497 e. The number of amides is 2. The first-order valence-electron chi connectivity index (χ1n) is 10.5. The fourth-order valence-corrected chi connectivity index (χ4v) is 3.78. The van der Waals surface area contributed by atoms with Crippen molar-refractivity contribution in [2.45, 2.75) is 43.7 Å². The monoisotopic (exact) mass is 426 g/mol. The topological polar surface area (TPSA) is 96.9 Å². The molecule has 3 N–H and O–H groups in total. The summed E-state index contributed by atoms with van der Waals surface area (Å²) in [5.41, 5.74) is 0.736. The van der Waals surface area contributed by atoms with Crippen LogP contribution in [-0.4, -0.2) is 48.8 Å². The molecule has 0 unspecified atom stereocenters. The van der Waals surface area contributed by atoms with E-state index in [0.29, 0.717) is 37.2 Å². The number of nitrogens with one attached hydrogen (secondary N) is 2. The van der Waals surface area contributed by atoms with Crippen LogP contribution in [0.2, 0.25) is 0 Å². The van der Waals surface area contributed by atoms with Gasteiger partial charge in [0.15, 0.2) is 0 Å². The lowest BCUT2D eigenvalue weighted by molar-refractivity contribution is -0.123. The van der Waals surface area contributed by atoms with Crippen LogP contribution in [0, 0.1) is 0 Å². The molecule has 1 heterocycles. The van der Waals surface area contributed by atoms with E-state index in [0.717, 1.165) is 5.56 Å². The lowest BCUT2D eigenvalue weighted by Crippen LogP contribution is -2.45. The molecule has 2 atom stereocenters. The Hall–Kier alpha value is -3.06. The van der Waals surface area contributed by atoms with Gasteiger partial charge < -0.3 is 25.2 Å². The number of carbonyl (C=O) groups excluding carboxylic acids is 2. The van der Waals surface area contributed by atoms with Crippen LogP contribution in [0.15, 0.2) is 54.6 Å². The quantitative estimate of drug-likeness (QED) is 0.512. The van der Waals surface area contributed by atoms with E-state index < -0.39 is 11.6 Å². The number of carbonyl (C=O) groups is 2. The van der Waals surface area contributed by atoms with E-state index in [1.165, 1.54) is 0 Å². The van der Waals surface area contributed by atoms with Crippen molar-refractivity contribution >= 4 is 11.8 Å². The predicted molar refractivity (Wildman–Crippen MR) is 117 cm³/mol. The molecule has 7 heteroatoms. The molecule has 0 aromatic heterocycles. The van der Waals surface area contributed by atoms with Crippen molar-refractivity contribution in [3.63, 3.8) is 0 Å². The van der Waals surface area contributed by atoms with Crippen molar-refractivity contribution in [1.82, 2.24) is 10.6 Å². The van der Waals surface area contributed by atoms with Gasteiger partial charge in [0.05, 0.1) is 7.11 Å². The van der Waals surface area contributed by atoms with Crippen LogP contribution in [0.4, 0.5) is 0 Å². The Morgan fingerprint density at radius 2 is 1.97 bits per heavy atom. The molecule has 0 aliphatic carbocycles. The molecule has 1 aliphatic heterocycles. The van der Waals surface area contributed by atoms with Gasteiger partial charge in [-0.05, 0) is 37.0 Å². The molecule has 7 nitrogen and oxygen atoms in total. The summed E-state index contributed by atoms with van der Waals surface area (Å²) in [5.74, 6) is 1.13. The highest BCUT2D eigenvalue weighted by Gasteiger charge is 2.37. The van der Waals surface area contributed by atoms with Crippen molar-refractivity contribution in [3.05, 3.63) is 60.2 Å². The molecule has 1 saturated heterocycles. The zero-order valence-corrected chi connectivity index (χ0v) is 17.8. The average molecular weight is 427 g/mol. The highest BCUT2D eigenvalue weighted by Crippen LogP contribution is 2.29. The van der Waals surface area contributed by atoms with Gasteiger partial charge in [-0.1, -0.05) is 36.4 Å². The zero-order valence-electron chi connectivity index (χ0n) is 17.8. The second kappa shape index (κ2) is 10.8. The summed E-state index contributed by atoms with van der Waals surface area (Å²) in [7, 11) is 1.57. The Balaban J connectivity index is 1.43. The van der Waals surface area contributed by atoms with E-state index in [9.17, 15) is 14.7 Å². The van der Waals surface area contributed by atoms with Crippen molar-refractivity contribution < 1.29 is 24.2 Å². The van der Waals surface area contributed by atoms with Gasteiger partial charge in [0.25, 0.3) is 0 Å². The van der Waals surface area contributed by atoms with Crippen LogP contribution in [0.5, 0.6) is 11.5 Å². The molecule has 2 aromatic carbocycles. The number of hydrogen-bond donors (Lipinski definition) is 3. The molecule has 0 spiro atoms. The predicted octanol–water partition coefficient (Wildman–Crippen LogP) is 2.22. The summed E-state index contributed by atoms with van der Waals surface area (Å²) < 4.78 is 10.7. The molecule has 0 bridgehead atoms. The summed E-state index contributed by atoms with van der Waals surface area (Å²) in [6.07, 6.45) is 1.88. The lowest BCUT2D eigenvalue weighted by Gasteiger charge is -2.29. The van der Waals surface area contributed by atoms with Gasteiger partial charge in [-0.15, -0.1) is 0 Å². The van der Waals surface area contributed by atoms with Crippen molar-refractivity contribution in [3.8, 4) is 11.5 Å². The molecular weight excluding hydrogens is 396 g/mol. The Morgan fingerprint density at radius 1 is 1.19 bits per heavy atom. The number of rotatable bonds is 11. The van der Waals surface area contributed by atoms with Gasteiger partial charge >= 0.3 is 0 Å². The van der Waals surface area contributed by atoms with E-state index in [4.69, 9.17) is 9.47 Å². The lowest BCUT2D eigenvalue weighted by atomic mass is 9.85. The van der Waals surface area contributed by atoms with Crippen LogP contribution >= 0.6 is 0 Å². The number of benzene rings is 2. The van der Waals surface area contributed by atoms with Crippen molar-refractivity contribution in [2.75, 3.05) is 20.3 Å². The third kappa shape index (κ3) is 7.00. The number of methoxy groups -OCH3 is 1. The second-order valence-corrected chi connectivity index (χ2v) is 7.94. The zero-order chi connectivity index (χ0) is 22.1. The van der Waals surface area contributed by atoms with Gasteiger partial charge in [-0.3, -0.25) is 9.59 Å². The van der Waals surface area contributed by atoms with Crippen LogP contribution in [0.1, 0.15) is 31.2 Å². The van der Waals surface area contributed by atoms with Crippen molar-refractivity contribution in [2.24, 2.45) is 0 Å². The number of aliphatic hydroxyl groups excluding tert-OH is 1. The molecule has 0 saturated carbocycles. The van der Waals surface area contributed by atoms with Gasteiger partial charge in [0, 0.05) is 31.0 Å². The van der Waals surface area contributed by atoms with E-state index >= 15 is 0 Å². The van der Waals surface area contributed by atoms with Gasteiger partial charge in [0.2, 0.25) is 11.8 Å². The maximum Gasteiger partial charge on any atom is 0.220 e. The summed E-state index contributed by atoms with van der Waals surface area (Å²) in [5, 5.41) is 16.0. The van der Waals surface area contributed by atoms with E-state index in [1.54, 1.807) is 31.4 Å². The van der Waals surface area contributed by atoms with Crippen LogP contribution < -0.4 is 20.1 Å².